The van der Waals surface area contributed by atoms with E-state index in [-0.39, 0.29) is 20.8 Å². The summed E-state index contributed by atoms with van der Waals surface area (Å²) in [6.45, 7) is 0. The average Bonchev–Trinajstić information content (AvgIpc) is 2.52. The van der Waals surface area contributed by atoms with Crippen LogP contribution in [0.2, 0.25) is 15.1 Å². The molecule has 0 aliphatic rings. The lowest BCUT2D eigenvalue weighted by molar-refractivity contribution is -0.137. The van der Waals surface area contributed by atoms with E-state index in [0.29, 0.717) is 6.07 Å². The van der Waals surface area contributed by atoms with Gasteiger partial charge in [0.2, 0.25) is 0 Å². The Morgan fingerprint density at radius 3 is 2.08 bits per heavy atom. The van der Waals surface area contributed by atoms with Crippen molar-refractivity contribution in [2.75, 3.05) is 10.6 Å². The van der Waals surface area contributed by atoms with Crippen molar-refractivity contribution in [3.8, 4) is 0 Å². The Bertz CT molecular complexity index is 841. The average molecular weight is 412 g/mol. The van der Waals surface area contributed by atoms with Gasteiger partial charge in [0.15, 0.2) is 0 Å². The van der Waals surface area contributed by atoms with Gasteiger partial charge in [-0.1, -0.05) is 40.9 Å². The Hall–Kier alpha value is -1.96. The molecule has 0 bridgehead atoms. The lowest BCUT2D eigenvalue weighted by Crippen LogP contribution is -2.30. The fourth-order valence-corrected chi connectivity index (χ4v) is 2.34. The number of rotatable bonds is 2. The molecule has 0 radical (unpaired) electrons. The summed E-state index contributed by atoms with van der Waals surface area (Å²) in [5.74, 6) is -2.53. The maximum Gasteiger partial charge on any atom is 0.418 e. The number of hydrogen-bond acceptors (Lipinski definition) is 2. The van der Waals surface area contributed by atoms with Crippen LogP contribution >= 0.6 is 34.8 Å². The van der Waals surface area contributed by atoms with E-state index in [9.17, 15) is 22.8 Å². The number of carbonyl (C=O) groups is 2. The standard InChI is InChI=1S/C15H8Cl3F3N2O2/c16-7-4-5-10(8(6-7)15(19,20)21)22-13(24)14(25)23-11-3-1-2-9(17)12(11)18/h1-6H,(H,22,24)(H,23,25). The molecule has 2 N–H and O–H groups in total. The second-order valence-corrected chi connectivity index (χ2v) is 5.92. The molecule has 0 atom stereocenters. The minimum Gasteiger partial charge on any atom is -0.317 e. The van der Waals surface area contributed by atoms with Gasteiger partial charge in [0.05, 0.1) is 27.0 Å². The van der Waals surface area contributed by atoms with E-state index in [1.54, 1.807) is 0 Å². The van der Waals surface area contributed by atoms with Crippen LogP contribution in [0.15, 0.2) is 36.4 Å². The second-order valence-electron chi connectivity index (χ2n) is 4.70. The zero-order chi connectivity index (χ0) is 18.8. The van der Waals surface area contributed by atoms with Crippen molar-refractivity contribution in [3.05, 3.63) is 57.0 Å². The molecular formula is C15H8Cl3F3N2O2. The molecule has 2 rings (SSSR count). The first-order valence-electron chi connectivity index (χ1n) is 6.52. The smallest absolute Gasteiger partial charge is 0.317 e. The number of alkyl halides is 3. The van der Waals surface area contributed by atoms with E-state index in [1.165, 1.54) is 18.2 Å². The van der Waals surface area contributed by atoms with Gasteiger partial charge >= 0.3 is 18.0 Å². The molecule has 0 heterocycles. The molecule has 0 fully saturated rings. The molecule has 2 amide bonds. The number of halogens is 6. The molecule has 0 aliphatic carbocycles. The third-order valence-corrected chi connectivity index (χ3v) is 4.00. The highest BCUT2D eigenvalue weighted by Gasteiger charge is 2.34. The SMILES string of the molecule is O=C(Nc1ccc(Cl)cc1C(F)(F)F)C(=O)Nc1cccc(Cl)c1Cl. The minimum atomic E-state index is -4.76. The van der Waals surface area contributed by atoms with Crippen LogP contribution < -0.4 is 10.6 Å². The Kier molecular flexibility index (Phi) is 5.82. The number of amides is 2. The Balaban J connectivity index is 2.20. The van der Waals surface area contributed by atoms with Crippen molar-refractivity contribution in [2.45, 2.75) is 6.18 Å². The fourth-order valence-electron chi connectivity index (χ4n) is 1.82. The van der Waals surface area contributed by atoms with Crippen LogP contribution in [0, 0.1) is 0 Å². The molecule has 2 aromatic rings. The van der Waals surface area contributed by atoms with E-state index < -0.39 is 29.2 Å². The minimum absolute atomic E-state index is 0.00668. The first kappa shape index (κ1) is 19.4. The van der Waals surface area contributed by atoms with E-state index in [0.717, 1.165) is 12.1 Å². The molecule has 10 heteroatoms. The fraction of sp³-hybridized carbons (Fsp3) is 0.0667. The molecule has 0 saturated heterocycles. The van der Waals surface area contributed by atoms with E-state index in [1.807, 2.05) is 5.32 Å². The zero-order valence-electron chi connectivity index (χ0n) is 12.0. The molecule has 0 saturated carbocycles. The predicted molar refractivity (Wildman–Crippen MR) is 90.2 cm³/mol. The monoisotopic (exact) mass is 410 g/mol. The molecule has 0 aliphatic heterocycles. The van der Waals surface area contributed by atoms with Gasteiger partial charge in [-0.25, -0.2) is 0 Å². The van der Waals surface area contributed by atoms with Gasteiger partial charge in [0.1, 0.15) is 0 Å². The maximum atomic E-state index is 13.0. The molecular weight excluding hydrogens is 404 g/mol. The first-order chi connectivity index (χ1) is 11.6. The van der Waals surface area contributed by atoms with Crippen molar-refractivity contribution in [1.82, 2.24) is 0 Å². The van der Waals surface area contributed by atoms with Crippen LogP contribution in [0.3, 0.4) is 0 Å². The topological polar surface area (TPSA) is 58.2 Å². The van der Waals surface area contributed by atoms with Crippen LogP contribution in [-0.4, -0.2) is 11.8 Å². The summed E-state index contributed by atoms with van der Waals surface area (Å²) in [6, 6.07) is 7.05. The molecule has 132 valence electrons. The van der Waals surface area contributed by atoms with Crippen LogP contribution in [-0.2, 0) is 15.8 Å². The Morgan fingerprint density at radius 1 is 0.880 bits per heavy atom. The molecule has 2 aromatic carbocycles. The summed E-state index contributed by atoms with van der Waals surface area (Å²) in [7, 11) is 0. The summed E-state index contributed by atoms with van der Waals surface area (Å²) in [5.41, 5.74) is -1.74. The number of benzene rings is 2. The number of carbonyl (C=O) groups excluding carboxylic acids is 2. The zero-order valence-corrected chi connectivity index (χ0v) is 14.3. The van der Waals surface area contributed by atoms with Gasteiger partial charge in [-0.3, -0.25) is 9.59 Å². The molecule has 4 nitrogen and oxygen atoms in total. The third-order valence-electron chi connectivity index (χ3n) is 2.94. The first-order valence-corrected chi connectivity index (χ1v) is 7.66. The van der Waals surface area contributed by atoms with Crippen molar-refractivity contribution in [1.29, 1.82) is 0 Å². The highest BCUT2D eigenvalue weighted by atomic mass is 35.5. The summed E-state index contributed by atoms with van der Waals surface area (Å²) >= 11 is 17.2. The molecule has 25 heavy (non-hydrogen) atoms. The van der Waals surface area contributed by atoms with Crippen molar-refractivity contribution in [3.63, 3.8) is 0 Å². The summed E-state index contributed by atoms with van der Waals surface area (Å²) in [5, 5.41) is 4.02. The van der Waals surface area contributed by atoms with Crippen molar-refractivity contribution in [2.24, 2.45) is 0 Å². The van der Waals surface area contributed by atoms with E-state index >= 15 is 0 Å². The lowest BCUT2D eigenvalue weighted by Gasteiger charge is -2.14. The molecule has 0 spiro atoms. The Morgan fingerprint density at radius 2 is 1.48 bits per heavy atom. The van der Waals surface area contributed by atoms with Crippen LogP contribution in [0.5, 0.6) is 0 Å². The second kappa shape index (κ2) is 7.51. The summed E-state index contributed by atoms with van der Waals surface area (Å²) in [4.78, 5) is 23.8. The van der Waals surface area contributed by atoms with Crippen LogP contribution in [0.25, 0.3) is 0 Å². The van der Waals surface area contributed by atoms with Gasteiger partial charge < -0.3 is 10.6 Å². The molecule has 0 aromatic heterocycles. The van der Waals surface area contributed by atoms with E-state index in [4.69, 9.17) is 34.8 Å². The van der Waals surface area contributed by atoms with Gasteiger partial charge in [0.25, 0.3) is 0 Å². The number of nitrogens with one attached hydrogen (secondary N) is 2. The quantitative estimate of drug-likeness (QED) is 0.664. The Labute approximate surface area is 154 Å². The predicted octanol–water partition coefficient (Wildman–Crippen LogP) is 5.24. The van der Waals surface area contributed by atoms with Crippen LogP contribution in [0.1, 0.15) is 5.56 Å². The lowest BCUT2D eigenvalue weighted by atomic mass is 10.1. The summed E-state index contributed by atoms with van der Waals surface area (Å²) < 4.78 is 38.9. The number of anilines is 2. The third kappa shape index (κ3) is 4.78. The van der Waals surface area contributed by atoms with Crippen LogP contribution in [0.4, 0.5) is 24.5 Å². The van der Waals surface area contributed by atoms with Gasteiger partial charge in [-0.2, -0.15) is 13.2 Å². The van der Waals surface area contributed by atoms with Gasteiger partial charge in [0, 0.05) is 5.02 Å². The highest BCUT2D eigenvalue weighted by molar-refractivity contribution is 6.47. The largest absolute Gasteiger partial charge is 0.418 e. The maximum absolute atomic E-state index is 13.0. The van der Waals surface area contributed by atoms with Gasteiger partial charge in [-0.15, -0.1) is 0 Å². The summed E-state index contributed by atoms with van der Waals surface area (Å²) in [6.07, 6.45) is -4.76. The van der Waals surface area contributed by atoms with Crippen molar-refractivity contribution < 1.29 is 22.8 Å². The highest BCUT2D eigenvalue weighted by Crippen LogP contribution is 2.36. The normalized spacial score (nSPS) is 11.1. The van der Waals surface area contributed by atoms with Crippen molar-refractivity contribution >= 4 is 58.0 Å². The molecule has 0 unspecified atom stereocenters. The number of hydrogen-bond donors (Lipinski definition) is 2. The van der Waals surface area contributed by atoms with E-state index in [2.05, 4.69) is 5.32 Å². The van der Waals surface area contributed by atoms with Gasteiger partial charge in [-0.05, 0) is 30.3 Å².